The van der Waals surface area contributed by atoms with E-state index in [4.69, 9.17) is 4.74 Å². The molecule has 1 aliphatic rings. The second-order valence-electron chi connectivity index (χ2n) is 7.55. The summed E-state index contributed by atoms with van der Waals surface area (Å²) in [4.78, 5) is 0. The van der Waals surface area contributed by atoms with E-state index in [2.05, 4.69) is 20.8 Å². The zero-order valence-corrected chi connectivity index (χ0v) is 14.5. The molecule has 1 N–H and O–H groups in total. The predicted molar refractivity (Wildman–Crippen MR) is 92.3 cm³/mol. The molecule has 0 bridgehead atoms. The first-order valence-corrected chi connectivity index (χ1v) is 8.93. The minimum absolute atomic E-state index is 0.0919. The molecule has 0 aliphatic heterocycles. The van der Waals surface area contributed by atoms with Crippen molar-refractivity contribution in [2.45, 2.75) is 89.8 Å². The molecule has 1 aliphatic carbocycles. The van der Waals surface area contributed by atoms with Gasteiger partial charge in [0.1, 0.15) is 5.75 Å². The molecule has 1 saturated carbocycles. The smallest absolute Gasteiger partial charge is 0.115 e. The van der Waals surface area contributed by atoms with Gasteiger partial charge in [0.25, 0.3) is 0 Å². The summed E-state index contributed by atoms with van der Waals surface area (Å²) in [5.41, 5.74) is 1.15. The number of phenols is 1. The topological polar surface area (TPSA) is 29.5 Å². The SMILES string of the molecule is CCCCC1(OC(C)(C)Cc2ccc(O)cc2)CCCCC1. The molecule has 2 nitrogen and oxygen atoms in total. The summed E-state index contributed by atoms with van der Waals surface area (Å²) in [6, 6.07) is 7.53. The van der Waals surface area contributed by atoms with Crippen LogP contribution in [0.5, 0.6) is 5.75 Å². The highest BCUT2D eigenvalue weighted by atomic mass is 16.5. The van der Waals surface area contributed by atoms with E-state index in [1.165, 1.54) is 56.9 Å². The molecular formula is C20H32O2. The third kappa shape index (κ3) is 5.01. The molecule has 1 aromatic carbocycles. The Morgan fingerprint density at radius 3 is 2.32 bits per heavy atom. The van der Waals surface area contributed by atoms with Gasteiger partial charge in [0.15, 0.2) is 0 Å². The van der Waals surface area contributed by atoms with E-state index in [-0.39, 0.29) is 11.2 Å². The Balaban J connectivity index is 2.04. The van der Waals surface area contributed by atoms with Crippen molar-refractivity contribution in [2.75, 3.05) is 0 Å². The lowest BCUT2D eigenvalue weighted by Crippen LogP contribution is -2.44. The van der Waals surface area contributed by atoms with Gasteiger partial charge in [0, 0.05) is 6.42 Å². The summed E-state index contributed by atoms with van der Waals surface area (Å²) in [5.74, 6) is 0.328. The second kappa shape index (κ2) is 7.50. The minimum atomic E-state index is -0.165. The van der Waals surface area contributed by atoms with Gasteiger partial charge in [0.05, 0.1) is 11.2 Å². The maximum Gasteiger partial charge on any atom is 0.115 e. The summed E-state index contributed by atoms with van der Waals surface area (Å²) in [6.45, 7) is 6.68. The van der Waals surface area contributed by atoms with Crippen molar-refractivity contribution < 1.29 is 9.84 Å². The number of aromatic hydroxyl groups is 1. The lowest BCUT2D eigenvalue weighted by molar-refractivity contribution is -0.160. The Morgan fingerprint density at radius 1 is 1.09 bits per heavy atom. The second-order valence-corrected chi connectivity index (χ2v) is 7.55. The standard InChI is InChI=1S/C20H32O2/c1-4-5-13-20(14-7-6-8-15-20)22-19(2,3)16-17-9-11-18(21)12-10-17/h9-12,21H,4-8,13-16H2,1-3H3. The molecule has 2 rings (SSSR count). The molecule has 0 radical (unpaired) electrons. The van der Waals surface area contributed by atoms with Gasteiger partial charge in [-0.2, -0.15) is 0 Å². The van der Waals surface area contributed by atoms with E-state index in [0.29, 0.717) is 5.75 Å². The maximum atomic E-state index is 9.42. The molecule has 22 heavy (non-hydrogen) atoms. The zero-order valence-electron chi connectivity index (χ0n) is 14.5. The van der Waals surface area contributed by atoms with Crippen LogP contribution in [0.1, 0.15) is 77.7 Å². The number of phenolic OH excluding ortho intramolecular Hbond substituents is 1. The summed E-state index contributed by atoms with van der Waals surface area (Å²) >= 11 is 0. The Morgan fingerprint density at radius 2 is 1.73 bits per heavy atom. The fourth-order valence-corrected chi connectivity index (χ4v) is 3.83. The van der Waals surface area contributed by atoms with Crippen molar-refractivity contribution in [3.05, 3.63) is 29.8 Å². The third-order valence-corrected chi connectivity index (χ3v) is 4.81. The minimum Gasteiger partial charge on any atom is -0.508 e. The molecule has 124 valence electrons. The zero-order chi connectivity index (χ0) is 16.1. The van der Waals surface area contributed by atoms with Gasteiger partial charge in [-0.05, 0) is 50.8 Å². The molecule has 2 heteroatoms. The molecule has 0 aromatic heterocycles. The Kier molecular flexibility index (Phi) is 5.91. The lowest BCUT2D eigenvalue weighted by atomic mass is 9.80. The molecule has 0 heterocycles. The number of hydrogen-bond donors (Lipinski definition) is 1. The van der Waals surface area contributed by atoms with Crippen molar-refractivity contribution in [3.8, 4) is 5.75 Å². The van der Waals surface area contributed by atoms with Gasteiger partial charge in [-0.1, -0.05) is 51.2 Å². The average Bonchev–Trinajstić information content (AvgIpc) is 2.48. The van der Waals surface area contributed by atoms with Gasteiger partial charge in [-0.25, -0.2) is 0 Å². The number of benzene rings is 1. The Bertz CT molecular complexity index is 441. The molecule has 0 spiro atoms. The Hall–Kier alpha value is -1.02. The van der Waals surface area contributed by atoms with Gasteiger partial charge >= 0.3 is 0 Å². The molecule has 1 fully saturated rings. The van der Waals surface area contributed by atoms with Gasteiger partial charge in [-0.15, -0.1) is 0 Å². The molecule has 0 saturated heterocycles. The normalized spacial score (nSPS) is 18.3. The monoisotopic (exact) mass is 304 g/mol. The molecule has 1 aromatic rings. The fourth-order valence-electron chi connectivity index (χ4n) is 3.83. The number of ether oxygens (including phenoxy) is 1. The fraction of sp³-hybridized carbons (Fsp3) is 0.700. The molecule has 0 amide bonds. The van der Waals surface area contributed by atoms with E-state index in [1.54, 1.807) is 12.1 Å². The number of rotatable bonds is 7. The summed E-state index contributed by atoms with van der Waals surface area (Å²) in [6.07, 6.45) is 11.0. The van der Waals surface area contributed by atoms with Crippen LogP contribution < -0.4 is 0 Å². The highest BCUT2D eigenvalue weighted by Gasteiger charge is 2.37. The van der Waals surface area contributed by atoms with Gasteiger partial charge in [-0.3, -0.25) is 0 Å². The number of hydrogen-bond acceptors (Lipinski definition) is 2. The summed E-state index contributed by atoms with van der Waals surface area (Å²) in [7, 11) is 0. The highest BCUT2D eigenvalue weighted by Crippen LogP contribution is 2.39. The van der Waals surface area contributed by atoms with Crippen LogP contribution in [0.2, 0.25) is 0 Å². The largest absolute Gasteiger partial charge is 0.508 e. The van der Waals surface area contributed by atoms with Crippen LogP contribution in [0.15, 0.2) is 24.3 Å². The van der Waals surface area contributed by atoms with E-state index < -0.39 is 0 Å². The van der Waals surface area contributed by atoms with Crippen molar-refractivity contribution >= 4 is 0 Å². The number of unbranched alkanes of at least 4 members (excludes halogenated alkanes) is 1. The van der Waals surface area contributed by atoms with Gasteiger partial charge < -0.3 is 9.84 Å². The maximum absolute atomic E-state index is 9.42. The van der Waals surface area contributed by atoms with Crippen molar-refractivity contribution in [1.82, 2.24) is 0 Å². The van der Waals surface area contributed by atoms with E-state index in [9.17, 15) is 5.11 Å². The van der Waals surface area contributed by atoms with Crippen molar-refractivity contribution in [1.29, 1.82) is 0 Å². The molecular weight excluding hydrogens is 272 g/mol. The quantitative estimate of drug-likeness (QED) is 0.708. The average molecular weight is 304 g/mol. The summed E-state index contributed by atoms with van der Waals surface area (Å²) in [5, 5.41) is 9.42. The van der Waals surface area contributed by atoms with Crippen LogP contribution in [-0.2, 0) is 11.2 Å². The predicted octanol–water partition coefficient (Wildman–Crippen LogP) is 5.62. The van der Waals surface area contributed by atoms with Crippen molar-refractivity contribution in [3.63, 3.8) is 0 Å². The van der Waals surface area contributed by atoms with Crippen LogP contribution >= 0.6 is 0 Å². The van der Waals surface area contributed by atoms with E-state index in [0.717, 1.165) is 6.42 Å². The van der Waals surface area contributed by atoms with Crippen LogP contribution in [0.4, 0.5) is 0 Å². The van der Waals surface area contributed by atoms with Crippen LogP contribution in [-0.4, -0.2) is 16.3 Å². The lowest BCUT2D eigenvalue weighted by Gasteiger charge is -2.44. The van der Waals surface area contributed by atoms with Crippen LogP contribution in [0.3, 0.4) is 0 Å². The van der Waals surface area contributed by atoms with E-state index in [1.807, 2.05) is 12.1 Å². The van der Waals surface area contributed by atoms with Crippen molar-refractivity contribution in [2.24, 2.45) is 0 Å². The molecule has 0 unspecified atom stereocenters. The van der Waals surface area contributed by atoms with Crippen LogP contribution in [0.25, 0.3) is 0 Å². The third-order valence-electron chi connectivity index (χ3n) is 4.81. The van der Waals surface area contributed by atoms with Gasteiger partial charge in [0.2, 0.25) is 0 Å². The Labute approximate surface area is 135 Å². The van der Waals surface area contributed by atoms with E-state index >= 15 is 0 Å². The first-order chi connectivity index (χ1) is 10.4. The highest BCUT2D eigenvalue weighted by molar-refractivity contribution is 5.26. The molecule has 0 atom stereocenters. The van der Waals surface area contributed by atoms with Crippen LogP contribution in [0, 0.1) is 0 Å². The summed E-state index contributed by atoms with van der Waals surface area (Å²) < 4.78 is 6.74. The first-order valence-electron chi connectivity index (χ1n) is 8.93. The first kappa shape index (κ1) is 17.3.